The number of nitrogens with zero attached hydrogens (tertiary/aromatic N) is 2. The van der Waals surface area contributed by atoms with Crippen LogP contribution < -0.4 is 10.6 Å². The Balaban J connectivity index is 1.94. The van der Waals surface area contributed by atoms with E-state index >= 15 is 8.78 Å². The molecule has 1 saturated heterocycles. The summed E-state index contributed by atoms with van der Waals surface area (Å²) in [4.78, 5) is 32.2. The Morgan fingerprint density at radius 3 is 2.15 bits per heavy atom. The molecule has 1 fully saturated rings. The topological polar surface area (TPSA) is 76.3 Å². The number of anilines is 1. The molecule has 2 aromatic rings. The first kappa shape index (κ1) is 23.9. The third-order valence-corrected chi connectivity index (χ3v) is 6.59. The van der Waals surface area contributed by atoms with Crippen molar-refractivity contribution in [2.45, 2.75) is 51.5 Å². The van der Waals surface area contributed by atoms with Crippen molar-refractivity contribution in [1.82, 2.24) is 4.98 Å². The van der Waals surface area contributed by atoms with E-state index in [1.54, 1.807) is 24.3 Å². The lowest BCUT2D eigenvalue weighted by molar-refractivity contribution is -0.123. The number of allylic oxidation sites excluding steroid dienone is 2. The minimum Gasteiger partial charge on any atom is -0.313 e. The van der Waals surface area contributed by atoms with Crippen molar-refractivity contribution in [1.29, 1.82) is 0 Å². The zero-order chi connectivity index (χ0) is 24.9. The van der Waals surface area contributed by atoms with E-state index in [2.05, 4.69) is 4.98 Å². The van der Waals surface area contributed by atoms with Gasteiger partial charge in [0.15, 0.2) is 11.7 Å². The first-order valence-electron chi connectivity index (χ1n) is 11.2. The maximum Gasteiger partial charge on any atom is 0.266 e. The van der Waals surface area contributed by atoms with Gasteiger partial charge in [0.25, 0.3) is 11.8 Å². The fourth-order valence-electron chi connectivity index (χ4n) is 4.82. The van der Waals surface area contributed by atoms with Crippen LogP contribution in [0.5, 0.6) is 0 Å². The Morgan fingerprint density at radius 2 is 1.62 bits per heavy atom. The number of pyridine rings is 1. The molecule has 0 radical (unpaired) electrons. The Labute approximate surface area is 196 Å². The summed E-state index contributed by atoms with van der Waals surface area (Å²) >= 11 is 0. The van der Waals surface area contributed by atoms with Crippen LogP contribution in [0.2, 0.25) is 0 Å². The van der Waals surface area contributed by atoms with Crippen LogP contribution >= 0.6 is 0 Å². The minimum absolute atomic E-state index is 0.0951. The van der Waals surface area contributed by atoms with Crippen LogP contribution in [0.4, 0.5) is 18.9 Å². The van der Waals surface area contributed by atoms with Crippen molar-refractivity contribution in [3.05, 3.63) is 82.5 Å². The van der Waals surface area contributed by atoms with Crippen LogP contribution in [0, 0.1) is 5.92 Å². The molecule has 178 valence electrons. The highest BCUT2D eigenvalue weighted by Crippen LogP contribution is 2.50. The quantitative estimate of drug-likeness (QED) is 0.615. The number of halogens is 3. The molecule has 2 amide bonds. The molecule has 0 saturated carbocycles. The number of hydrogen-bond donors (Lipinski definition) is 1. The summed E-state index contributed by atoms with van der Waals surface area (Å²) in [5.41, 5.74) is 5.29. The van der Waals surface area contributed by atoms with Gasteiger partial charge in [-0.05, 0) is 41.0 Å². The van der Waals surface area contributed by atoms with Gasteiger partial charge < -0.3 is 5.73 Å². The van der Waals surface area contributed by atoms with Gasteiger partial charge in [-0.15, -0.1) is 0 Å². The van der Waals surface area contributed by atoms with Gasteiger partial charge in [-0.1, -0.05) is 52.0 Å². The zero-order valence-corrected chi connectivity index (χ0v) is 19.4. The van der Waals surface area contributed by atoms with Crippen LogP contribution in [0.25, 0.3) is 0 Å². The molecule has 34 heavy (non-hydrogen) atoms. The lowest BCUT2D eigenvalue weighted by Crippen LogP contribution is -2.57. The van der Waals surface area contributed by atoms with Crippen molar-refractivity contribution in [2.24, 2.45) is 11.7 Å². The molecule has 1 aromatic heterocycles. The summed E-state index contributed by atoms with van der Waals surface area (Å²) < 4.78 is 44.9. The highest BCUT2D eigenvalue weighted by atomic mass is 19.2. The van der Waals surface area contributed by atoms with Crippen LogP contribution in [0.15, 0.2) is 65.8 Å². The van der Waals surface area contributed by atoms with Crippen molar-refractivity contribution >= 4 is 17.5 Å². The largest absolute Gasteiger partial charge is 0.313 e. The van der Waals surface area contributed by atoms with Crippen LogP contribution in [0.3, 0.4) is 0 Å². The van der Waals surface area contributed by atoms with Gasteiger partial charge in [0.05, 0.1) is 11.3 Å². The second-order valence-corrected chi connectivity index (χ2v) is 9.38. The maximum absolute atomic E-state index is 15.2. The minimum atomic E-state index is -2.41. The molecule has 0 spiro atoms. The number of para-hydroxylation sites is 1. The zero-order valence-electron chi connectivity index (χ0n) is 19.4. The van der Waals surface area contributed by atoms with Gasteiger partial charge in [-0.2, -0.15) is 0 Å². The Morgan fingerprint density at radius 1 is 1.00 bits per heavy atom. The van der Waals surface area contributed by atoms with E-state index in [0.717, 1.165) is 4.90 Å². The normalized spacial score (nSPS) is 23.0. The smallest absolute Gasteiger partial charge is 0.266 e. The second-order valence-electron chi connectivity index (χ2n) is 9.38. The molecule has 2 aliphatic rings. The maximum atomic E-state index is 15.2. The number of aromatic nitrogens is 1. The van der Waals surface area contributed by atoms with E-state index in [0.29, 0.717) is 22.4 Å². The lowest BCUT2D eigenvalue weighted by atomic mass is 9.72. The third-order valence-electron chi connectivity index (χ3n) is 6.59. The number of nitrogens with two attached hydrogens (primary N) is 1. The van der Waals surface area contributed by atoms with E-state index in [4.69, 9.17) is 5.73 Å². The molecule has 2 atom stereocenters. The summed E-state index contributed by atoms with van der Waals surface area (Å²) in [6.45, 7) is 7.58. The number of carbonyl (C=O) groups is 2. The SMILES string of the molecule is CC(C)c1cccc(C(C)C)c1N1C(=O)C2=C(F)C(F)=C(F)C(Cc3cccnc3)C2(N)C1=O. The first-order chi connectivity index (χ1) is 16.0. The van der Waals surface area contributed by atoms with Crippen molar-refractivity contribution in [3.63, 3.8) is 0 Å². The number of benzene rings is 1. The Kier molecular flexibility index (Phi) is 5.97. The van der Waals surface area contributed by atoms with Crippen LogP contribution in [-0.2, 0) is 16.0 Å². The van der Waals surface area contributed by atoms with Gasteiger partial charge in [-0.3, -0.25) is 14.6 Å². The summed E-state index contributed by atoms with van der Waals surface area (Å²) in [6, 6.07) is 8.57. The molecule has 1 aliphatic heterocycles. The molecule has 2 N–H and O–H groups in total. The van der Waals surface area contributed by atoms with E-state index in [1.165, 1.54) is 12.4 Å². The van der Waals surface area contributed by atoms with E-state index in [1.807, 2.05) is 33.8 Å². The highest BCUT2D eigenvalue weighted by Gasteiger charge is 2.64. The molecule has 5 nitrogen and oxygen atoms in total. The Hall–Kier alpha value is -3.26. The Bertz CT molecular complexity index is 1210. The third kappa shape index (κ3) is 3.39. The molecule has 2 unspecified atom stereocenters. The molecule has 0 bridgehead atoms. The average molecular weight is 470 g/mol. The van der Waals surface area contributed by atoms with Crippen LogP contribution in [0.1, 0.15) is 56.2 Å². The summed E-state index contributed by atoms with van der Waals surface area (Å²) in [5.74, 6) is -8.86. The fraction of sp³-hybridized carbons (Fsp3) is 0.346. The number of imide groups is 1. The predicted octanol–water partition coefficient (Wildman–Crippen LogP) is 5.15. The predicted molar refractivity (Wildman–Crippen MR) is 123 cm³/mol. The molecule has 2 heterocycles. The van der Waals surface area contributed by atoms with Gasteiger partial charge in [-0.25, -0.2) is 18.1 Å². The first-order valence-corrected chi connectivity index (χ1v) is 11.2. The van der Waals surface area contributed by atoms with Gasteiger partial charge >= 0.3 is 0 Å². The van der Waals surface area contributed by atoms with Crippen molar-refractivity contribution in [3.8, 4) is 0 Å². The lowest BCUT2D eigenvalue weighted by Gasteiger charge is -2.34. The van der Waals surface area contributed by atoms with Crippen LogP contribution in [-0.4, -0.2) is 22.3 Å². The van der Waals surface area contributed by atoms with E-state index < -0.39 is 46.3 Å². The summed E-state index contributed by atoms with van der Waals surface area (Å²) in [6.07, 6.45) is 2.69. The number of fused-ring (bicyclic) bond motifs is 1. The number of rotatable bonds is 5. The molecule has 1 aromatic carbocycles. The average Bonchev–Trinajstić information content (AvgIpc) is 3.01. The molecule has 4 rings (SSSR count). The van der Waals surface area contributed by atoms with Gasteiger partial charge in [0, 0.05) is 18.3 Å². The van der Waals surface area contributed by atoms with Crippen molar-refractivity contribution < 1.29 is 22.8 Å². The van der Waals surface area contributed by atoms with Gasteiger partial charge in [0.1, 0.15) is 11.4 Å². The monoisotopic (exact) mass is 469 g/mol. The standard InChI is InChI=1S/C26H26F3N3O2/c1-13(2)16-8-5-9-17(14(3)4)23(16)32-24(33)19-21(28)22(29)20(27)18(26(19,30)25(32)34)11-15-7-6-10-31-12-15/h5-10,12-14,18H,11,30H2,1-4H3. The molecular formula is C26H26F3N3O2. The van der Waals surface area contributed by atoms with Gasteiger partial charge in [0.2, 0.25) is 0 Å². The number of carbonyl (C=O) groups excluding carboxylic acids is 2. The highest BCUT2D eigenvalue weighted by molar-refractivity contribution is 6.34. The molecular weight excluding hydrogens is 443 g/mol. The van der Waals surface area contributed by atoms with Crippen molar-refractivity contribution in [2.75, 3.05) is 4.90 Å². The summed E-state index contributed by atoms with van der Waals surface area (Å²) in [7, 11) is 0. The summed E-state index contributed by atoms with van der Waals surface area (Å²) in [5, 5.41) is 0. The molecule has 8 heteroatoms. The van der Waals surface area contributed by atoms with E-state index in [9.17, 15) is 14.0 Å². The molecule has 1 aliphatic carbocycles. The number of amides is 2. The van der Waals surface area contributed by atoms with E-state index in [-0.39, 0.29) is 18.3 Å². The number of hydrogen-bond acceptors (Lipinski definition) is 4. The second kappa shape index (κ2) is 8.51. The fourth-order valence-corrected chi connectivity index (χ4v) is 4.82.